The molecule has 0 spiro atoms. The number of hydrogen-bond donors (Lipinski definition) is 2. The van der Waals surface area contributed by atoms with Crippen LogP contribution in [0, 0.1) is 13.8 Å². The molecule has 0 unspecified atom stereocenters. The standard InChI is InChI=1S/C18H19N5O2/c1-10-5-4-6-13(19-10)22-16(24)12-9-25-17-14(12)15(20-11(2)21-17)23-18(3)7-8-18/h4-6,9H,7-8H2,1-3H3,(H,19,22,24)(H,20,21,23). The van der Waals surface area contributed by atoms with Gasteiger partial charge in [-0.25, -0.2) is 9.97 Å². The van der Waals surface area contributed by atoms with Crippen molar-refractivity contribution in [3.8, 4) is 0 Å². The van der Waals surface area contributed by atoms with E-state index in [1.54, 1.807) is 13.0 Å². The zero-order valence-electron chi connectivity index (χ0n) is 14.4. The molecule has 0 saturated heterocycles. The van der Waals surface area contributed by atoms with Crippen LogP contribution in [0.15, 0.2) is 28.9 Å². The van der Waals surface area contributed by atoms with Crippen LogP contribution < -0.4 is 10.6 Å². The molecule has 3 aromatic heterocycles. The van der Waals surface area contributed by atoms with E-state index in [2.05, 4.69) is 32.5 Å². The summed E-state index contributed by atoms with van der Waals surface area (Å²) in [6.45, 7) is 5.81. The Kier molecular flexibility index (Phi) is 3.45. The smallest absolute Gasteiger partial charge is 0.260 e. The number of furan rings is 1. The van der Waals surface area contributed by atoms with Gasteiger partial charge in [-0.1, -0.05) is 6.07 Å². The van der Waals surface area contributed by atoms with Crippen molar-refractivity contribution in [1.29, 1.82) is 0 Å². The molecule has 7 nitrogen and oxygen atoms in total. The van der Waals surface area contributed by atoms with Gasteiger partial charge in [0, 0.05) is 11.2 Å². The maximum absolute atomic E-state index is 12.7. The van der Waals surface area contributed by atoms with Crippen molar-refractivity contribution in [1.82, 2.24) is 15.0 Å². The number of carbonyl (C=O) groups is 1. The molecule has 0 atom stereocenters. The second kappa shape index (κ2) is 5.54. The number of carbonyl (C=O) groups excluding carboxylic acids is 1. The Labute approximate surface area is 144 Å². The second-order valence-corrected chi connectivity index (χ2v) is 6.75. The first-order valence-corrected chi connectivity index (χ1v) is 8.23. The maximum Gasteiger partial charge on any atom is 0.260 e. The van der Waals surface area contributed by atoms with Crippen LogP contribution in [0.3, 0.4) is 0 Å². The molecule has 128 valence electrons. The average Bonchev–Trinajstić information content (AvgIpc) is 3.10. The number of nitrogens with zero attached hydrogens (tertiary/aromatic N) is 3. The molecule has 7 heteroatoms. The largest absolute Gasteiger partial charge is 0.445 e. The highest BCUT2D eigenvalue weighted by atomic mass is 16.3. The Balaban J connectivity index is 1.72. The highest BCUT2D eigenvalue weighted by molar-refractivity contribution is 6.14. The predicted octanol–water partition coefficient (Wildman–Crippen LogP) is 3.45. The minimum absolute atomic E-state index is 0.0246. The Bertz CT molecular complexity index is 975. The van der Waals surface area contributed by atoms with Gasteiger partial charge in [0.1, 0.15) is 23.7 Å². The summed E-state index contributed by atoms with van der Waals surface area (Å²) in [7, 11) is 0. The van der Waals surface area contributed by atoms with E-state index in [1.165, 1.54) is 6.26 Å². The minimum atomic E-state index is -0.298. The Hall–Kier alpha value is -2.96. The van der Waals surface area contributed by atoms with Crippen molar-refractivity contribution in [2.45, 2.75) is 39.2 Å². The monoisotopic (exact) mass is 337 g/mol. The van der Waals surface area contributed by atoms with Crippen LogP contribution in [0.1, 0.15) is 41.6 Å². The van der Waals surface area contributed by atoms with Crippen LogP contribution in [0.4, 0.5) is 11.6 Å². The van der Waals surface area contributed by atoms with Gasteiger partial charge in [0.2, 0.25) is 5.71 Å². The fraction of sp³-hybridized carbons (Fsp3) is 0.333. The van der Waals surface area contributed by atoms with E-state index >= 15 is 0 Å². The fourth-order valence-corrected chi connectivity index (χ4v) is 2.70. The summed E-state index contributed by atoms with van der Waals surface area (Å²) in [6.07, 6.45) is 3.57. The van der Waals surface area contributed by atoms with Crippen LogP contribution in [0.25, 0.3) is 11.1 Å². The number of anilines is 2. The van der Waals surface area contributed by atoms with E-state index in [-0.39, 0.29) is 11.4 Å². The first kappa shape index (κ1) is 15.6. The second-order valence-electron chi connectivity index (χ2n) is 6.75. The Morgan fingerprint density at radius 2 is 2.00 bits per heavy atom. The van der Waals surface area contributed by atoms with Crippen molar-refractivity contribution in [3.05, 3.63) is 41.5 Å². The van der Waals surface area contributed by atoms with Crippen LogP contribution in [-0.2, 0) is 0 Å². The molecule has 1 saturated carbocycles. The number of hydrogen-bond acceptors (Lipinski definition) is 6. The summed E-state index contributed by atoms with van der Waals surface area (Å²) in [5.74, 6) is 1.43. The van der Waals surface area contributed by atoms with Gasteiger partial charge >= 0.3 is 0 Å². The predicted molar refractivity (Wildman–Crippen MR) is 94.7 cm³/mol. The lowest BCUT2D eigenvalue weighted by atomic mass is 10.2. The molecule has 25 heavy (non-hydrogen) atoms. The molecule has 3 heterocycles. The minimum Gasteiger partial charge on any atom is -0.445 e. The van der Waals surface area contributed by atoms with Gasteiger partial charge in [-0.3, -0.25) is 4.79 Å². The van der Waals surface area contributed by atoms with Crippen LogP contribution in [-0.4, -0.2) is 26.4 Å². The highest BCUT2D eigenvalue weighted by Crippen LogP contribution is 2.40. The summed E-state index contributed by atoms with van der Waals surface area (Å²) in [6, 6.07) is 5.47. The van der Waals surface area contributed by atoms with E-state index in [9.17, 15) is 4.79 Å². The van der Waals surface area contributed by atoms with E-state index in [0.717, 1.165) is 18.5 Å². The normalized spacial score (nSPS) is 15.2. The molecule has 1 amide bonds. The lowest BCUT2D eigenvalue weighted by Gasteiger charge is -2.13. The number of pyridine rings is 1. The van der Waals surface area contributed by atoms with Gasteiger partial charge in [-0.05, 0) is 45.7 Å². The third-order valence-electron chi connectivity index (χ3n) is 4.34. The van der Waals surface area contributed by atoms with Gasteiger partial charge in [0.25, 0.3) is 5.91 Å². The molecule has 1 aliphatic rings. The molecule has 4 rings (SSSR count). The molecular formula is C18H19N5O2. The summed E-state index contributed by atoms with van der Waals surface area (Å²) in [4.78, 5) is 25.8. The molecule has 0 aliphatic heterocycles. The van der Waals surface area contributed by atoms with Crippen molar-refractivity contribution in [2.75, 3.05) is 10.6 Å². The van der Waals surface area contributed by atoms with Gasteiger partial charge in [-0.2, -0.15) is 4.98 Å². The van der Waals surface area contributed by atoms with Crippen LogP contribution in [0.2, 0.25) is 0 Å². The number of rotatable bonds is 4. The molecule has 1 aliphatic carbocycles. The summed E-state index contributed by atoms with van der Waals surface area (Å²) >= 11 is 0. The van der Waals surface area contributed by atoms with Gasteiger partial charge < -0.3 is 15.1 Å². The number of fused-ring (bicyclic) bond motifs is 1. The highest BCUT2D eigenvalue weighted by Gasteiger charge is 2.38. The summed E-state index contributed by atoms with van der Waals surface area (Å²) in [5, 5.41) is 6.83. The van der Waals surface area contributed by atoms with Gasteiger partial charge in [-0.15, -0.1) is 0 Å². The molecule has 0 radical (unpaired) electrons. The number of aromatic nitrogens is 3. The topological polar surface area (TPSA) is 92.9 Å². The summed E-state index contributed by atoms with van der Waals surface area (Å²) in [5.41, 5.74) is 1.65. The third-order valence-corrected chi connectivity index (χ3v) is 4.34. The average molecular weight is 337 g/mol. The zero-order valence-corrected chi connectivity index (χ0v) is 14.4. The van der Waals surface area contributed by atoms with Gasteiger partial charge in [0.05, 0.1) is 10.9 Å². The Morgan fingerprint density at radius 3 is 2.72 bits per heavy atom. The summed E-state index contributed by atoms with van der Waals surface area (Å²) < 4.78 is 5.52. The van der Waals surface area contributed by atoms with E-state index in [1.807, 2.05) is 19.1 Å². The Morgan fingerprint density at radius 1 is 1.20 bits per heavy atom. The van der Waals surface area contributed by atoms with E-state index in [4.69, 9.17) is 4.42 Å². The van der Waals surface area contributed by atoms with Crippen LogP contribution in [0.5, 0.6) is 0 Å². The molecule has 0 aromatic carbocycles. The SMILES string of the molecule is Cc1cccc(NC(=O)c2coc3nc(C)nc(NC4(C)CC4)c23)n1. The first-order chi connectivity index (χ1) is 11.9. The molecule has 0 bridgehead atoms. The van der Waals surface area contributed by atoms with Crippen molar-refractivity contribution in [2.24, 2.45) is 0 Å². The van der Waals surface area contributed by atoms with Crippen LogP contribution >= 0.6 is 0 Å². The molecule has 2 N–H and O–H groups in total. The van der Waals surface area contributed by atoms with E-state index in [0.29, 0.717) is 34.1 Å². The fourth-order valence-electron chi connectivity index (χ4n) is 2.70. The first-order valence-electron chi connectivity index (χ1n) is 8.23. The van der Waals surface area contributed by atoms with Crippen molar-refractivity contribution >= 4 is 28.6 Å². The lowest BCUT2D eigenvalue weighted by molar-refractivity contribution is 0.102. The third kappa shape index (κ3) is 3.05. The van der Waals surface area contributed by atoms with Crippen molar-refractivity contribution < 1.29 is 9.21 Å². The van der Waals surface area contributed by atoms with Crippen molar-refractivity contribution in [3.63, 3.8) is 0 Å². The maximum atomic E-state index is 12.7. The number of aryl methyl sites for hydroxylation is 2. The lowest BCUT2D eigenvalue weighted by Crippen LogP contribution is -2.19. The number of amides is 1. The van der Waals surface area contributed by atoms with Gasteiger partial charge in [0.15, 0.2) is 0 Å². The van der Waals surface area contributed by atoms with E-state index < -0.39 is 0 Å². The molecule has 3 aromatic rings. The zero-order chi connectivity index (χ0) is 17.6. The molecular weight excluding hydrogens is 318 g/mol. The number of nitrogens with one attached hydrogen (secondary N) is 2. The quantitative estimate of drug-likeness (QED) is 0.757. The molecule has 1 fully saturated rings.